The molecule has 0 bridgehead atoms. The van der Waals surface area contributed by atoms with Crippen LogP contribution in [0.25, 0.3) is 0 Å². The van der Waals surface area contributed by atoms with Crippen LogP contribution in [0.5, 0.6) is 0 Å². The van der Waals surface area contributed by atoms with Gasteiger partial charge in [-0.05, 0) is 35.7 Å². The Balaban J connectivity index is 2.15. The summed E-state index contributed by atoms with van der Waals surface area (Å²) in [6.07, 6.45) is 1.39. The number of halogens is 1. The number of rotatable bonds is 4. The number of benzene rings is 2. The van der Waals surface area contributed by atoms with Crippen molar-refractivity contribution in [1.82, 2.24) is 0 Å². The van der Waals surface area contributed by atoms with Crippen molar-refractivity contribution in [2.45, 2.75) is 19.8 Å². The first-order valence-corrected chi connectivity index (χ1v) is 7.05. The van der Waals surface area contributed by atoms with Crippen molar-refractivity contribution >= 4 is 27.4 Å². The second kappa shape index (κ2) is 6.02. The van der Waals surface area contributed by atoms with Crippen molar-refractivity contribution in [2.75, 3.05) is 5.73 Å². The van der Waals surface area contributed by atoms with E-state index in [1.54, 1.807) is 12.1 Å². The number of hydrogen-bond acceptors (Lipinski definition) is 2. The number of anilines is 1. The predicted molar refractivity (Wildman–Crippen MR) is 82.4 cm³/mol. The SMILES string of the molecule is CCc1ccc(CC(=O)c2ccc(Br)cc2N)cc1. The van der Waals surface area contributed by atoms with Crippen molar-refractivity contribution in [3.8, 4) is 0 Å². The molecule has 2 nitrogen and oxygen atoms in total. The third-order valence-electron chi connectivity index (χ3n) is 3.11. The molecule has 2 rings (SSSR count). The van der Waals surface area contributed by atoms with Crippen molar-refractivity contribution in [3.63, 3.8) is 0 Å². The highest BCUT2D eigenvalue weighted by Crippen LogP contribution is 2.20. The molecule has 0 amide bonds. The molecule has 2 aromatic rings. The molecule has 3 heteroatoms. The van der Waals surface area contributed by atoms with E-state index in [2.05, 4.69) is 35.0 Å². The maximum Gasteiger partial charge on any atom is 0.169 e. The summed E-state index contributed by atoms with van der Waals surface area (Å²) < 4.78 is 0.883. The van der Waals surface area contributed by atoms with Crippen molar-refractivity contribution < 1.29 is 4.79 Å². The van der Waals surface area contributed by atoms with Crippen LogP contribution in [-0.2, 0) is 12.8 Å². The standard InChI is InChI=1S/C16H16BrNO/c1-2-11-3-5-12(6-4-11)9-16(19)14-8-7-13(17)10-15(14)18/h3-8,10H,2,9,18H2,1H3. The monoisotopic (exact) mass is 317 g/mol. The molecular weight excluding hydrogens is 302 g/mol. The van der Waals surface area contributed by atoms with Crippen LogP contribution in [0, 0.1) is 0 Å². The first kappa shape index (κ1) is 13.8. The summed E-state index contributed by atoms with van der Waals surface area (Å²) >= 11 is 3.34. The number of hydrogen-bond donors (Lipinski definition) is 1. The first-order valence-electron chi connectivity index (χ1n) is 6.26. The highest BCUT2D eigenvalue weighted by molar-refractivity contribution is 9.10. The van der Waals surface area contributed by atoms with Gasteiger partial charge < -0.3 is 5.73 Å². The van der Waals surface area contributed by atoms with E-state index in [4.69, 9.17) is 5.73 Å². The third kappa shape index (κ3) is 3.44. The van der Waals surface area contributed by atoms with E-state index in [0.29, 0.717) is 17.7 Å². The van der Waals surface area contributed by atoms with Crippen LogP contribution in [-0.4, -0.2) is 5.78 Å². The molecule has 0 atom stereocenters. The van der Waals surface area contributed by atoms with Gasteiger partial charge >= 0.3 is 0 Å². The molecule has 0 aliphatic carbocycles. The lowest BCUT2D eigenvalue weighted by Crippen LogP contribution is -2.07. The normalized spacial score (nSPS) is 10.4. The number of Topliss-reactive ketones (excluding diaryl/α,β-unsaturated/α-hetero) is 1. The molecule has 0 aliphatic rings. The van der Waals surface area contributed by atoms with Crippen molar-refractivity contribution in [1.29, 1.82) is 0 Å². The van der Waals surface area contributed by atoms with Gasteiger partial charge in [0.2, 0.25) is 0 Å². The van der Waals surface area contributed by atoms with Crippen LogP contribution in [0.3, 0.4) is 0 Å². The van der Waals surface area contributed by atoms with E-state index in [9.17, 15) is 4.79 Å². The zero-order valence-electron chi connectivity index (χ0n) is 10.8. The summed E-state index contributed by atoms with van der Waals surface area (Å²) in [6.45, 7) is 2.11. The van der Waals surface area contributed by atoms with Gasteiger partial charge in [-0.25, -0.2) is 0 Å². The first-order chi connectivity index (χ1) is 9.10. The van der Waals surface area contributed by atoms with Crippen molar-refractivity contribution in [3.05, 3.63) is 63.6 Å². The molecule has 0 saturated heterocycles. The summed E-state index contributed by atoms with van der Waals surface area (Å²) in [4.78, 5) is 12.2. The van der Waals surface area contributed by atoms with Gasteiger partial charge in [-0.1, -0.05) is 47.1 Å². The van der Waals surface area contributed by atoms with Gasteiger partial charge in [0, 0.05) is 22.1 Å². The van der Waals surface area contributed by atoms with Crippen LogP contribution in [0.2, 0.25) is 0 Å². The fourth-order valence-electron chi connectivity index (χ4n) is 1.96. The molecule has 0 aliphatic heterocycles. The average molecular weight is 318 g/mol. The summed E-state index contributed by atoms with van der Waals surface area (Å²) in [7, 11) is 0. The smallest absolute Gasteiger partial charge is 0.169 e. The van der Waals surface area contributed by atoms with Gasteiger partial charge in [0.25, 0.3) is 0 Å². The fraction of sp³-hybridized carbons (Fsp3) is 0.188. The van der Waals surface area contributed by atoms with E-state index < -0.39 is 0 Å². The Morgan fingerprint density at radius 3 is 2.32 bits per heavy atom. The second-order valence-corrected chi connectivity index (χ2v) is 5.42. The molecule has 0 saturated carbocycles. The Labute approximate surface area is 121 Å². The van der Waals surface area contributed by atoms with Crippen LogP contribution >= 0.6 is 15.9 Å². The highest BCUT2D eigenvalue weighted by Gasteiger charge is 2.10. The summed E-state index contributed by atoms with van der Waals surface area (Å²) in [5, 5.41) is 0. The maximum atomic E-state index is 12.2. The van der Waals surface area contributed by atoms with Crippen LogP contribution in [0.4, 0.5) is 5.69 Å². The topological polar surface area (TPSA) is 43.1 Å². The van der Waals surface area contributed by atoms with Crippen LogP contribution < -0.4 is 5.73 Å². The van der Waals surface area contributed by atoms with E-state index in [-0.39, 0.29) is 5.78 Å². The van der Waals surface area contributed by atoms with Gasteiger partial charge in [0.15, 0.2) is 5.78 Å². The molecule has 98 valence electrons. The molecule has 0 unspecified atom stereocenters. The lowest BCUT2D eigenvalue weighted by atomic mass is 10.0. The number of nitrogens with two attached hydrogens (primary N) is 1. The Bertz CT molecular complexity index is 590. The Hall–Kier alpha value is -1.61. The minimum atomic E-state index is 0.0502. The Morgan fingerprint density at radius 2 is 1.74 bits per heavy atom. The molecule has 0 heterocycles. The summed E-state index contributed by atoms with van der Waals surface area (Å²) in [6, 6.07) is 13.5. The van der Waals surface area contributed by atoms with E-state index in [1.807, 2.05) is 18.2 Å². The predicted octanol–water partition coefficient (Wildman–Crippen LogP) is 4.02. The molecule has 19 heavy (non-hydrogen) atoms. The van der Waals surface area contributed by atoms with Crippen LogP contribution in [0.15, 0.2) is 46.9 Å². The lowest BCUT2D eigenvalue weighted by molar-refractivity contribution is 0.0994. The quantitative estimate of drug-likeness (QED) is 0.683. The van der Waals surface area contributed by atoms with Gasteiger partial charge in [0.05, 0.1) is 0 Å². The summed E-state index contributed by atoms with van der Waals surface area (Å²) in [5.41, 5.74) is 9.27. The number of nitrogen functional groups attached to an aromatic ring is 1. The third-order valence-corrected chi connectivity index (χ3v) is 3.60. The largest absolute Gasteiger partial charge is 0.398 e. The highest BCUT2D eigenvalue weighted by atomic mass is 79.9. The van der Waals surface area contributed by atoms with Crippen molar-refractivity contribution in [2.24, 2.45) is 0 Å². The minimum absolute atomic E-state index is 0.0502. The van der Waals surface area contributed by atoms with E-state index >= 15 is 0 Å². The molecule has 0 radical (unpaired) electrons. The molecular formula is C16H16BrNO. The zero-order valence-corrected chi connectivity index (χ0v) is 12.4. The minimum Gasteiger partial charge on any atom is -0.398 e. The number of aryl methyl sites for hydroxylation is 1. The second-order valence-electron chi connectivity index (χ2n) is 4.50. The lowest BCUT2D eigenvalue weighted by Gasteiger charge is -2.06. The van der Waals surface area contributed by atoms with E-state index in [0.717, 1.165) is 16.5 Å². The Morgan fingerprint density at radius 1 is 1.11 bits per heavy atom. The van der Waals surface area contributed by atoms with Gasteiger partial charge in [-0.15, -0.1) is 0 Å². The van der Waals surface area contributed by atoms with E-state index in [1.165, 1.54) is 5.56 Å². The molecule has 0 spiro atoms. The molecule has 0 aromatic heterocycles. The zero-order chi connectivity index (χ0) is 13.8. The Kier molecular flexibility index (Phi) is 4.38. The van der Waals surface area contributed by atoms with Gasteiger partial charge in [-0.3, -0.25) is 4.79 Å². The van der Waals surface area contributed by atoms with Gasteiger partial charge in [0.1, 0.15) is 0 Å². The maximum absolute atomic E-state index is 12.2. The molecule has 2 aromatic carbocycles. The number of carbonyl (C=O) groups is 1. The average Bonchev–Trinajstić information content (AvgIpc) is 2.39. The fourth-order valence-corrected chi connectivity index (χ4v) is 2.34. The molecule has 2 N–H and O–H groups in total. The molecule has 0 fully saturated rings. The number of carbonyl (C=O) groups excluding carboxylic acids is 1. The summed E-state index contributed by atoms with van der Waals surface area (Å²) in [5.74, 6) is 0.0502. The van der Waals surface area contributed by atoms with Gasteiger partial charge in [-0.2, -0.15) is 0 Å². The van der Waals surface area contributed by atoms with Crippen LogP contribution in [0.1, 0.15) is 28.4 Å². The number of ketones is 1.